The van der Waals surface area contributed by atoms with Gasteiger partial charge in [0.25, 0.3) is 0 Å². The van der Waals surface area contributed by atoms with Gasteiger partial charge in [0.15, 0.2) is 0 Å². The van der Waals surface area contributed by atoms with Crippen molar-refractivity contribution in [3.8, 4) is 0 Å². The maximum atomic E-state index is 9.10. The van der Waals surface area contributed by atoms with Gasteiger partial charge in [0, 0.05) is 37.9 Å². The third-order valence-electron chi connectivity index (χ3n) is 2.93. The van der Waals surface area contributed by atoms with E-state index in [0.29, 0.717) is 12.5 Å². The molecular weight excluding hydrogens is 204 g/mol. The molecule has 88 valence electrons. The van der Waals surface area contributed by atoms with Crippen molar-refractivity contribution < 1.29 is 5.11 Å². The van der Waals surface area contributed by atoms with Gasteiger partial charge in [0.05, 0.1) is 5.69 Å². The number of aryl methyl sites for hydroxylation is 1. The molecule has 1 aromatic rings. The Morgan fingerprint density at radius 1 is 1.56 bits per heavy atom. The average Bonchev–Trinajstić information content (AvgIpc) is 2.76. The molecule has 3 N–H and O–H groups in total. The highest BCUT2D eigenvalue weighted by atomic mass is 16.3. The van der Waals surface area contributed by atoms with Crippen LogP contribution in [0.5, 0.6) is 0 Å². The monoisotopic (exact) mass is 222 g/mol. The maximum Gasteiger partial charge on any atom is 0.225 e. The maximum absolute atomic E-state index is 9.10. The summed E-state index contributed by atoms with van der Waals surface area (Å²) >= 11 is 0. The number of nitrogens with two attached hydrogens (primary N) is 1. The van der Waals surface area contributed by atoms with E-state index in [-0.39, 0.29) is 6.61 Å². The highest BCUT2D eigenvalue weighted by Gasteiger charge is 2.23. The topological polar surface area (TPSA) is 75.3 Å². The first kappa shape index (κ1) is 11.3. The van der Waals surface area contributed by atoms with Crippen LogP contribution < -0.4 is 10.6 Å². The van der Waals surface area contributed by atoms with Gasteiger partial charge < -0.3 is 15.7 Å². The molecule has 5 heteroatoms. The summed E-state index contributed by atoms with van der Waals surface area (Å²) in [4.78, 5) is 10.9. The largest absolute Gasteiger partial charge is 0.396 e. The fraction of sp³-hybridized carbons (Fsp3) is 0.636. The van der Waals surface area contributed by atoms with E-state index in [9.17, 15) is 0 Å². The van der Waals surface area contributed by atoms with Gasteiger partial charge in [-0.3, -0.25) is 0 Å². The summed E-state index contributed by atoms with van der Waals surface area (Å²) in [5, 5.41) is 9.10. The van der Waals surface area contributed by atoms with Gasteiger partial charge in [-0.2, -0.15) is 0 Å². The molecule has 5 nitrogen and oxygen atoms in total. The fourth-order valence-corrected chi connectivity index (χ4v) is 2.03. The lowest BCUT2D eigenvalue weighted by molar-refractivity contribution is 0.238. The minimum atomic E-state index is 0.242. The minimum Gasteiger partial charge on any atom is -0.396 e. The van der Waals surface area contributed by atoms with Gasteiger partial charge in [-0.15, -0.1) is 0 Å². The van der Waals surface area contributed by atoms with E-state index < -0.39 is 0 Å². The highest BCUT2D eigenvalue weighted by molar-refractivity contribution is 5.33. The summed E-state index contributed by atoms with van der Waals surface area (Å²) in [6.45, 7) is 4.38. The van der Waals surface area contributed by atoms with Crippen molar-refractivity contribution in [1.82, 2.24) is 9.97 Å². The van der Waals surface area contributed by atoms with Crippen molar-refractivity contribution in [3.63, 3.8) is 0 Å². The summed E-state index contributed by atoms with van der Waals surface area (Å²) in [6, 6.07) is 1.91. The summed E-state index contributed by atoms with van der Waals surface area (Å²) in [6.07, 6.45) is 1.01. The average molecular weight is 222 g/mol. The molecule has 1 aliphatic rings. The predicted molar refractivity (Wildman–Crippen MR) is 62.1 cm³/mol. The molecule has 2 heterocycles. The Morgan fingerprint density at radius 2 is 2.38 bits per heavy atom. The Kier molecular flexibility index (Phi) is 3.36. The summed E-state index contributed by atoms with van der Waals surface area (Å²) in [5.41, 5.74) is 7.40. The minimum absolute atomic E-state index is 0.242. The smallest absolute Gasteiger partial charge is 0.225 e. The third-order valence-corrected chi connectivity index (χ3v) is 2.93. The first-order valence-electron chi connectivity index (χ1n) is 5.63. The Bertz CT molecular complexity index is 369. The second kappa shape index (κ2) is 4.76. The van der Waals surface area contributed by atoms with Crippen molar-refractivity contribution in [1.29, 1.82) is 0 Å². The Morgan fingerprint density at radius 3 is 3.00 bits per heavy atom. The van der Waals surface area contributed by atoms with E-state index in [0.717, 1.165) is 36.8 Å². The Labute approximate surface area is 95.3 Å². The van der Waals surface area contributed by atoms with Gasteiger partial charge >= 0.3 is 0 Å². The molecule has 1 atom stereocenters. The number of rotatable bonds is 3. The van der Waals surface area contributed by atoms with Gasteiger partial charge in [0.1, 0.15) is 0 Å². The van der Waals surface area contributed by atoms with Crippen LogP contribution in [0.1, 0.15) is 17.8 Å². The molecule has 0 saturated carbocycles. The molecule has 0 bridgehead atoms. The molecular formula is C11H18N4O. The zero-order valence-electron chi connectivity index (χ0n) is 9.56. The normalized spacial score (nSPS) is 20.4. The molecule has 2 rings (SSSR count). The van der Waals surface area contributed by atoms with E-state index in [2.05, 4.69) is 14.9 Å². The van der Waals surface area contributed by atoms with Crippen molar-refractivity contribution >= 4 is 5.95 Å². The molecule has 0 aliphatic carbocycles. The third kappa shape index (κ3) is 2.31. The molecule has 1 unspecified atom stereocenters. The highest BCUT2D eigenvalue weighted by Crippen LogP contribution is 2.20. The van der Waals surface area contributed by atoms with Gasteiger partial charge in [0.2, 0.25) is 5.95 Å². The van der Waals surface area contributed by atoms with Crippen LogP contribution in [0.4, 0.5) is 5.95 Å². The van der Waals surface area contributed by atoms with Crippen LogP contribution in [0.3, 0.4) is 0 Å². The quantitative estimate of drug-likeness (QED) is 0.756. The molecule has 1 fully saturated rings. The van der Waals surface area contributed by atoms with Crippen LogP contribution in [0, 0.1) is 12.8 Å². The van der Waals surface area contributed by atoms with Crippen LogP contribution >= 0.6 is 0 Å². The van der Waals surface area contributed by atoms with Gasteiger partial charge in [-0.05, 0) is 19.4 Å². The number of aliphatic hydroxyl groups excluding tert-OH is 1. The van der Waals surface area contributed by atoms with Crippen molar-refractivity contribution in [3.05, 3.63) is 17.5 Å². The van der Waals surface area contributed by atoms with Crippen LogP contribution in [0.15, 0.2) is 6.07 Å². The Balaban J connectivity index is 2.17. The first-order chi connectivity index (χ1) is 7.72. The van der Waals surface area contributed by atoms with Crippen molar-refractivity contribution in [2.24, 2.45) is 11.7 Å². The number of aromatic nitrogens is 2. The predicted octanol–water partition coefficient (Wildman–Crippen LogP) is 0.0623. The SMILES string of the molecule is Cc1cc(CN)nc(N2CCC(CO)C2)n1. The Hall–Kier alpha value is -1.20. The molecule has 1 aromatic heterocycles. The lowest BCUT2D eigenvalue weighted by atomic mass is 10.1. The fourth-order valence-electron chi connectivity index (χ4n) is 2.03. The number of nitrogens with zero attached hydrogens (tertiary/aromatic N) is 3. The molecule has 16 heavy (non-hydrogen) atoms. The lowest BCUT2D eigenvalue weighted by Crippen LogP contribution is -2.23. The van der Waals surface area contributed by atoms with Gasteiger partial charge in [-0.25, -0.2) is 9.97 Å². The van der Waals surface area contributed by atoms with Crippen molar-refractivity contribution in [2.75, 3.05) is 24.6 Å². The van der Waals surface area contributed by atoms with Crippen molar-refractivity contribution in [2.45, 2.75) is 19.9 Å². The second-order valence-corrected chi connectivity index (χ2v) is 4.29. The zero-order valence-corrected chi connectivity index (χ0v) is 9.56. The molecule has 1 aliphatic heterocycles. The number of aliphatic hydroxyl groups is 1. The molecule has 0 radical (unpaired) electrons. The number of hydrogen-bond donors (Lipinski definition) is 2. The summed E-state index contributed by atoms with van der Waals surface area (Å²) in [7, 11) is 0. The van der Waals surface area contributed by atoms with Gasteiger partial charge in [-0.1, -0.05) is 0 Å². The number of hydrogen-bond acceptors (Lipinski definition) is 5. The summed E-state index contributed by atoms with van der Waals surface area (Å²) in [5.74, 6) is 1.10. The zero-order chi connectivity index (χ0) is 11.5. The van der Waals surface area contributed by atoms with E-state index in [4.69, 9.17) is 10.8 Å². The summed E-state index contributed by atoms with van der Waals surface area (Å²) < 4.78 is 0. The van der Waals surface area contributed by atoms with Crippen LogP contribution in [0.25, 0.3) is 0 Å². The first-order valence-corrected chi connectivity index (χ1v) is 5.63. The van der Waals surface area contributed by atoms with E-state index >= 15 is 0 Å². The number of anilines is 1. The lowest BCUT2D eigenvalue weighted by Gasteiger charge is -2.17. The standard InChI is InChI=1S/C11H18N4O/c1-8-4-10(5-12)14-11(13-8)15-3-2-9(6-15)7-16/h4,9,16H,2-3,5-7,12H2,1H3. The van der Waals surface area contributed by atoms with Crippen LogP contribution in [0.2, 0.25) is 0 Å². The molecule has 1 saturated heterocycles. The van der Waals surface area contributed by atoms with E-state index in [1.165, 1.54) is 0 Å². The van der Waals surface area contributed by atoms with E-state index in [1.54, 1.807) is 0 Å². The van der Waals surface area contributed by atoms with Crippen LogP contribution in [-0.4, -0.2) is 34.8 Å². The molecule has 0 amide bonds. The molecule has 0 spiro atoms. The molecule has 0 aromatic carbocycles. The van der Waals surface area contributed by atoms with E-state index in [1.807, 2.05) is 13.0 Å². The second-order valence-electron chi connectivity index (χ2n) is 4.29. The van der Waals surface area contributed by atoms with Crippen LogP contribution in [-0.2, 0) is 6.54 Å².